The number of halogens is 3. The van der Waals surface area contributed by atoms with E-state index < -0.39 is 20.0 Å². The third-order valence-electron chi connectivity index (χ3n) is 10.5. The summed E-state index contributed by atoms with van der Waals surface area (Å²) in [6.45, 7) is 2.34. The zero-order valence-corrected chi connectivity index (χ0v) is 39.2. The van der Waals surface area contributed by atoms with Crippen LogP contribution in [-0.4, -0.2) is 122 Å². The molecule has 0 atom stereocenters. The van der Waals surface area contributed by atoms with Gasteiger partial charge >= 0.3 is 0 Å². The van der Waals surface area contributed by atoms with Crippen molar-refractivity contribution >= 4 is 96.3 Å². The molecule has 2 aliphatic rings. The van der Waals surface area contributed by atoms with Gasteiger partial charge in [0, 0.05) is 61.6 Å². The molecule has 12 nitrogen and oxygen atoms in total. The summed E-state index contributed by atoms with van der Waals surface area (Å²) >= 11 is 9.13. The SMILES string of the molecule is Brc1cccc2[nH]ncc12.CN(C)C1CCN(S(=O)(=O)c2ccc(-n3ncc4c(Br)cccc43)cc2)CC1.CN(C)C1CCN(S(=O)(=O)c2ccc(I)cc2)CC1. The van der Waals surface area contributed by atoms with Crippen molar-refractivity contribution in [2.45, 2.75) is 47.6 Å². The summed E-state index contributed by atoms with van der Waals surface area (Å²) in [4.78, 5) is 5.08. The number of fused-ring (bicyclic) bond motifs is 2. The predicted octanol–water partition coefficient (Wildman–Crippen LogP) is 7.83. The van der Waals surface area contributed by atoms with Gasteiger partial charge in [-0.3, -0.25) is 5.10 Å². The molecule has 0 saturated carbocycles. The Morgan fingerprint density at radius 3 is 1.61 bits per heavy atom. The monoisotopic (exact) mass is 1050 g/mol. The fourth-order valence-corrected chi connectivity index (χ4v) is 11.2. The van der Waals surface area contributed by atoms with Crippen molar-refractivity contribution in [2.75, 3.05) is 54.4 Å². The quantitative estimate of drug-likeness (QED) is 0.161. The lowest BCUT2D eigenvalue weighted by Gasteiger charge is -2.34. The fourth-order valence-electron chi connectivity index (χ4n) is 7.02. The number of sulfonamides is 2. The first-order chi connectivity index (χ1) is 27.2. The molecule has 2 fully saturated rings. The van der Waals surface area contributed by atoms with Crippen LogP contribution >= 0.6 is 54.5 Å². The number of nitrogens with zero attached hydrogens (tertiary/aromatic N) is 7. The third kappa shape index (κ3) is 10.3. The first kappa shape index (κ1) is 43.8. The Kier molecular flexibility index (Phi) is 14.7. The Hall–Kier alpha value is -2.75. The molecule has 2 saturated heterocycles. The maximum Gasteiger partial charge on any atom is 0.243 e. The molecule has 4 heterocycles. The minimum Gasteiger partial charge on any atom is -0.306 e. The Morgan fingerprint density at radius 1 is 0.649 bits per heavy atom. The van der Waals surface area contributed by atoms with Crippen molar-refractivity contribution in [3.8, 4) is 5.69 Å². The number of nitrogens with one attached hydrogen (secondary N) is 1. The van der Waals surface area contributed by atoms with Gasteiger partial charge in [0.25, 0.3) is 0 Å². The summed E-state index contributed by atoms with van der Waals surface area (Å²) in [5.41, 5.74) is 2.86. The van der Waals surface area contributed by atoms with E-state index in [0.29, 0.717) is 48.1 Å². The molecule has 57 heavy (non-hydrogen) atoms. The van der Waals surface area contributed by atoms with Gasteiger partial charge in [0.2, 0.25) is 20.0 Å². The minimum atomic E-state index is -3.47. The second-order valence-corrected chi connectivity index (χ2v) is 21.3. The van der Waals surface area contributed by atoms with Gasteiger partial charge in [0.15, 0.2) is 0 Å². The van der Waals surface area contributed by atoms with Crippen LogP contribution < -0.4 is 0 Å². The van der Waals surface area contributed by atoms with Crippen LogP contribution in [0.2, 0.25) is 0 Å². The van der Waals surface area contributed by atoms with Crippen molar-refractivity contribution in [2.24, 2.45) is 0 Å². The number of rotatable bonds is 7. The Labute approximate surface area is 366 Å². The topological polar surface area (TPSA) is 128 Å². The van der Waals surface area contributed by atoms with Crippen LogP contribution in [0, 0.1) is 3.57 Å². The summed E-state index contributed by atoms with van der Waals surface area (Å²) in [6, 6.07) is 26.9. The average Bonchev–Trinajstić information content (AvgIpc) is 3.88. The number of benzene rings is 4. The third-order valence-corrected chi connectivity index (χ3v) is 16.4. The van der Waals surface area contributed by atoms with E-state index in [1.165, 1.54) is 0 Å². The lowest BCUT2D eigenvalue weighted by molar-refractivity contribution is 0.196. The summed E-state index contributed by atoms with van der Waals surface area (Å²) in [6.07, 6.45) is 7.13. The molecule has 17 heteroatoms. The van der Waals surface area contributed by atoms with E-state index >= 15 is 0 Å². The van der Waals surface area contributed by atoms with Gasteiger partial charge < -0.3 is 9.80 Å². The molecule has 8 rings (SSSR count). The molecule has 2 aromatic heterocycles. The van der Waals surface area contributed by atoms with Crippen molar-refractivity contribution in [3.63, 3.8) is 0 Å². The average molecular weight is 1050 g/mol. The lowest BCUT2D eigenvalue weighted by Crippen LogP contribution is -2.44. The Balaban J connectivity index is 0.000000162. The molecule has 0 aliphatic carbocycles. The first-order valence-corrected chi connectivity index (χ1v) is 24.1. The van der Waals surface area contributed by atoms with E-state index in [9.17, 15) is 16.8 Å². The van der Waals surface area contributed by atoms with Crippen LogP contribution in [0.25, 0.3) is 27.5 Å². The number of piperidine rings is 2. The molecule has 6 aromatic rings. The second kappa shape index (κ2) is 19.1. The molecule has 0 amide bonds. The highest BCUT2D eigenvalue weighted by atomic mass is 127. The van der Waals surface area contributed by atoms with Crippen LogP contribution in [0.15, 0.2) is 116 Å². The van der Waals surface area contributed by atoms with Gasteiger partial charge in [-0.25, -0.2) is 21.5 Å². The van der Waals surface area contributed by atoms with Gasteiger partial charge in [0.1, 0.15) is 0 Å². The van der Waals surface area contributed by atoms with Gasteiger partial charge in [0.05, 0.1) is 38.9 Å². The summed E-state index contributed by atoms with van der Waals surface area (Å²) in [5, 5.41) is 13.4. The molecule has 0 bridgehead atoms. The van der Waals surface area contributed by atoms with Crippen LogP contribution in [0.5, 0.6) is 0 Å². The molecule has 0 spiro atoms. The van der Waals surface area contributed by atoms with Gasteiger partial charge in [-0.15, -0.1) is 0 Å². The maximum atomic E-state index is 13.0. The molecule has 2 aliphatic heterocycles. The number of hydrogen-bond acceptors (Lipinski definition) is 8. The number of hydrogen-bond donors (Lipinski definition) is 1. The normalized spacial score (nSPS) is 16.4. The van der Waals surface area contributed by atoms with Gasteiger partial charge in [-0.2, -0.15) is 18.8 Å². The highest BCUT2D eigenvalue weighted by Crippen LogP contribution is 2.28. The summed E-state index contributed by atoms with van der Waals surface area (Å²) in [5.74, 6) is 0. The van der Waals surface area contributed by atoms with E-state index in [1.807, 2.05) is 93.5 Å². The van der Waals surface area contributed by atoms with Crippen LogP contribution in [-0.2, 0) is 20.0 Å². The van der Waals surface area contributed by atoms with E-state index in [4.69, 9.17) is 0 Å². The molecule has 4 aromatic carbocycles. The zero-order valence-electron chi connectivity index (χ0n) is 32.3. The van der Waals surface area contributed by atoms with Crippen molar-refractivity contribution in [1.82, 2.24) is 38.4 Å². The van der Waals surface area contributed by atoms with E-state index in [2.05, 4.69) is 79.5 Å². The Bertz CT molecular complexity index is 2480. The molecule has 1 N–H and O–H groups in total. The maximum absolute atomic E-state index is 13.0. The minimum absolute atomic E-state index is 0.331. The van der Waals surface area contributed by atoms with Crippen LogP contribution in [0.4, 0.5) is 0 Å². The number of aromatic amines is 1. The Morgan fingerprint density at radius 2 is 1.12 bits per heavy atom. The molecule has 0 unspecified atom stereocenters. The van der Waals surface area contributed by atoms with Crippen LogP contribution in [0.3, 0.4) is 0 Å². The highest BCUT2D eigenvalue weighted by Gasteiger charge is 2.31. The second-order valence-electron chi connectivity index (χ2n) is 14.4. The molecule has 304 valence electrons. The first-order valence-electron chi connectivity index (χ1n) is 18.6. The van der Waals surface area contributed by atoms with E-state index in [1.54, 1.807) is 45.3 Å². The smallest absolute Gasteiger partial charge is 0.243 e. The lowest BCUT2D eigenvalue weighted by atomic mass is 10.1. The molecular formula is C40H47Br2IN8O4S2. The van der Waals surface area contributed by atoms with E-state index in [0.717, 1.165) is 65.7 Å². The van der Waals surface area contributed by atoms with Gasteiger partial charge in [-0.05, 0) is 149 Å². The highest BCUT2D eigenvalue weighted by molar-refractivity contribution is 14.1. The summed E-state index contributed by atoms with van der Waals surface area (Å²) in [7, 11) is 1.41. The molecular weight excluding hydrogens is 1010 g/mol. The predicted molar refractivity (Wildman–Crippen MR) is 243 cm³/mol. The summed E-state index contributed by atoms with van der Waals surface area (Å²) < 4.78 is 59.1. The fraction of sp³-hybridized carbons (Fsp3) is 0.350. The van der Waals surface area contributed by atoms with Crippen LogP contribution in [0.1, 0.15) is 25.7 Å². The number of H-pyrrole nitrogens is 1. The van der Waals surface area contributed by atoms with Gasteiger partial charge in [-0.1, -0.05) is 44.0 Å². The molecule has 0 radical (unpaired) electrons. The largest absolute Gasteiger partial charge is 0.306 e. The van der Waals surface area contributed by atoms with E-state index in [-0.39, 0.29) is 0 Å². The standard InChI is InChI=1S/C20H23BrN4O2S.C13H19IN2O2S.C7H5BrN2/c1-23(2)15-10-12-24(13-11-15)28(26,27)17-8-6-16(7-9-17)25-20-5-3-4-19(21)18(20)14-22-25;1-15(2)12-7-9-16(10-8-12)19(17,18)13-5-3-11(14)4-6-13;8-6-2-1-3-7-5(6)4-9-10-7/h3-9,14-15H,10-13H2,1-2H3;3-6,12H,7-10H2,1-2H3;1-4H,(H,9,10). The van der Waals surface area contributed by atoms with Crippen molar-refractivity contribution < 1.29 is 16.8 Å². The van der Waals surface area contributed by atoms with Crippen molar-refractivity contribution in [1.29, 1.82) is 0 Å². The number of aromatic nitrogens is 4. The zero-order chi connectivity index (χ0) is 40.9. The van der Waals surface area contributed by atoms with Crippen molar-refractivity contribution in [3.05, 3.63) is 110 Å².